The molecule has 0 atom stereocenters. The average Bonchev–Trinajstić information content (AvgIpc) is 2.29. The summed E-state index contributed by atoms with van der Waals surface area (Å²) in [7, 11) is -0.901. The molecule has 0 heterocycles. The van der Waals surface area contributed by atoms with Crippen LogP contribution >= 0.6 is 0 Å². The minimum atomic E-state index is -3.59. The summed E-state index contributed by atoms with van der Waals surface area (Å²) in [5.74, 6) is 0.290. The molecule has 0 aliphatic carbocycles. The number of hydrogen-bond donors (Lipinski definition) is 2. The molecule has 86 valence electrons. The van der Waals surface area contributed by atoms with E-state index in [1.165, 1.54) is 32.4 Å². The van der Waals surface area contributed by atoms with E-state index in [1.54, 1.807) is 0 Å². The van der Waals surface area contributed by atoms with Gasteiger partial charge in [-0.25, -0.2) is 4.72 Å². The Bertz CT molecular complexity index is 519. The van der Waals surface area contributed by atoms with E-state index in [2.05, 4.69) is 9.44 Å². The Morgan fingerprint density at radius 1 is 1.44 bits per heavy atom. The molecule has 1 aromatic rings. The zero-order chi connectivity index (χ0) is 12.2. The minimum absolute atomic E-state index is 0.274. The quantitative estimate of drug-likeness (QED) is 0.800. The van der Waals surface area contributed by atoms with E-state index in [1.807, 2.05) is 6.07 Å². The summed E-state index contributed by atoms with van der Waals surface area (Å²) in [5.41, 5.74) is 0.667. The van der Waals surface area contributed by atoms with Crippen LogP contribution in [-0.2, 0) is 10.2 Å². The lowest BCUT2D eigenvalue weighted by molar-refractivity contribution is 0.416. The summed E-state index contributed by atoms with van der Waals surface area (Å²) >= 11 is 0. The summed E-state index contributed by atoms with van der Waals surface area (Å²) in [4.78, 5) is 0. The Kier molecular flexibility index (Phi) is 3.71. The summed E-state index contributed by atoms with van der Waals surface area (Å²) in [6.45, 7) is 0. The van der Waals surface area contributed by atoms with Crippen LogP contribution < -0.4 is 14.2 Å². The van der Waals surface area contributed by atoms with Crippen LogP contribution in [-0.4, -0.2) is 22.6 Å². The SMILES string of the molecule is CNS(=O)(=O)Nc1ccc(C#N)cc1OC. The number of methoxy groups -OCH3 is 1. The number of anilines is 1. The third-order valence-electron chi connectivity index (χ3n) is 1.84. The van der Waals surface area contributed by atoms with Crippen molar-refractivity contribution in [3.8, 4) is 11.8 Å². The molecule has 1 rings (SSSR count). The van der Waals surface area contributed by atoms with Crippen molar-refractivity contribution in [2.45, 2.75) is 0 Å². The van der Waals surface area contributed by atoms with Crippen LogP contribution in [0.4, 0.5) is 5.69 Å². The van der Waals surface area contributed by atoms with Crippen LogP contribution in [0.2, 0.25) is 0 Å². The van der Waals surface area contributed by atoms with E-state index in [0.29, 0.717) is 5.56 Å². The van der Waals surface area contributed by atoms with Gasteiger partial charge in [-0.05, 0) is 12.1 Å². The Morgan fingerprint density at radius 3 is 2.62 bits per heavy atom. The normalized spacial score (nSPS) is 10.6. The minimum Gasteiger partial charge on any atom is -0.495 e. The van der Waals surface area contributed by atoms with Crippen molar-refractivity contribution in [1.82, 2.24) is 4.72 Å². The molecule has 0 saturated heterocycles. The highest BCUT2D eigenvalue weighted by Crippen LogP contribution is 2.25. The smallest absolute Gasteiger partial charge is 0.298 e. The highest BCUT2D eigenvalue weighted by atomic mass is 32.2. The fourth-order valence-corrected chi connectivity index (χ4v) is 1.60. The zero-order valence-corrected chi connectivity index (χ0v) is 9.63. The number of benzene rings is 1. The number of nitrogens with zero attached hydrogens (tertiary/aromatic N) is 1. The molecular formula is C9H11N3O3S. The van der Waals surface area contributed by atoms with Gasteiger partial charge < -0.3 is 4.74 Å². The van der Waals surface area contributed by atoms with Gasteiger partial charge in [0.2, 0.25) is 0 Å². The Hall–Kier alpha value is -1.78. The number of hydrogen-bond acceptors (Lipinski definition) is 4. The molecule has 0 amide bonds. The van der Waals surface area contributed by atoms with Gasteiger partial charge in [-0.15, -0.1) is 0 Å². The number of rotatable bonds is 4. The lowest BCUT2D eigenvalue weighted by atomic mass is 10.2. The second-order valence-electron chi connectivity index (χ2n) is 2.84. The standard InChI is InChI=1S/C9H11N3O3S/c1-11-16(13,14)12-8-4-3-7(6-10)5-9(8)15-2/h3-5,11-12H,1-2H3. The van der Waals surface area contributed by atoms with Gasteiger partial charge in [-0.3, -0.25) is 4.72 Å². The maximum atomic E-state index is 11.2. The molecule has 0 saturated carbocycles. The van der Waals surface area contributed by atoms with Crippen LogP contribution in [0.25, 0.3) is 0 Å². The topological polar surface area (TPSA) is 91.2 Å². The summed E-state index contributed by atoms with van der Waals surface area (Å²) < 4.78 is 31.8. The van der Waals surface area contributed by atoms with Gasteiger partial charge >= 0.3 is 0 Å². The lowest BCUT2D eigenvalue weighted by Gasteiger charge is -2.10. The van der Waals surface area contributed by atoms with E-state index in [4.69, 9.17) is 10.00 Å². The molecule has 2 N–H and O–H groups in total. The molecule has 0 aliphatic rings. The first kappa shape index (κ1) is 12.3. The molecule has 0 aromatic heterocycles. The number of nitrogens with one attached hydrogen (secondary N) is 2. The second-order valence-corrected chi connectivity index (χ2v) is 4.46. The van der Waals surface area contributed by atoms with Crippen molar-refractivity contribution < 1.29 is 13.2 Å². The van der Waals surface area contributed by atoms with Gasteiger partial charge in [-0.2, -0.15) is 13.7 Å². The van der Waals surface area contributed by atoms with Gasteiger partial charge in [-0.1, -0.05) is 0 Å². The van der Waals surface area contributed by atoms with Crippen molar-refractivity contribution >= 4 is 15.9 Å². The maximum Gasteiger partial charge on any atom is 0.298 e. The lowest BCUT2D eigenvalue weighted by Crippen LogP contribution is -2.26. The first-order valence-corrected chi connectivity index (χ1v) is 5.80. The number of nitriles is 1. The Labute approximate surface area is 94.0 Å². The summed E-state index contributed by atoms with van der Waals surface area (Å²) in [6.07, 6.45) is 0. The third kappa shape index (κ3) is 2.85. The first-order valence-electron chi connectivity index (χ1n) is 4.32. The van der Waals surface area contributed by atoms with Crippen molar-refractivity contribution in [2.75, 3.05) is 18.9 Å². The molecule has 0 spiro atoms. The monoisotopic (exact) mass is 241 g/mol. The van der Waals surface area contributed by atoms with Gasteiger partial charge in [0.05, 0.1) is 24.4 Å². The molecule has 0 bridgehead atoms. The van der Waals surface area contributed by atoms with Gasteiger partial charge in [0, 0.05) is 13.1 Å². The van der Waals surface area contributed by atoms with Crippen LogP contribution in [0.3, 0.4) is 0 Å². The van der Waals surface area contributed by atoms with Crippen LogP contribution in [0.15, 0.2) is 18.2 Å². The molecule has 0 radical (unpaired) electrons. The highest BCUT2D eigenvalue weighted by molar-refractivity contribution is 7.90. The third-order valence-corrected chi connectivity index (χ3v) is 2.87. The predicted octanol–water partition coefficient (Wildman–Crippen LogP) is 0.443. The van der Waals surface area contributed by atoms with Crippen molar-refractivity contribution in [3.05, 3.63) is 23.8 Å². The van der Waals surface area contributed by atoms with E-state index in [-0.39, 0.29) is 11.4 Å². The van der Waals surface area contributed by atoms with E-state index in [9.17, 15) is 8.42 Å². The van der Waals surface area contributed by atoms with Gasteiger partial charge in [0.1, 0.15) is 5.75 Å². The summed E-state index contributed by atoms with van der Waals surface area (Å²) in [5, 5.41) is 8.67. The van der Waals surface area contributed by atoms with Crippen molar-refractivity contribution in [1.29, 1.82) is 5.26 Å². The largest absolute Gasteiger partial charge is 0.495 e. The van der Waals surface area contributed by atoms with Crippen molar-refractivity contribution in [2.24, 2.45) is 0 Å². The maximum absolute atomic E-state index is 11.2. The molecule has 16 heavy (non-hydrogen) atoms. The Morgan fingerprint density at radius 2 is 2.12 bits per heavy atom. The highest BCUT2D eigenvalue weighted by Gasteiger charge is 2.11. The molecule has 7 heteroatoms. The number of ether oxygens (including phenoxy) is 1. The van der Waals surface area contributed by atoms with E-state index in [0.717, 1.165) is 0 Å². The van der Waals surface area contributed by atoms with E-state index < -0.39 is 10.2 Å². The molecule has 6 nitrogen and oxygen atoms in total. The molecule has 0 fully saturated rings. The van der Waals surface area contributed by atoms with Crippen LogP contribution in [0.5, 0.6) is 5.75 Å². The van der Waals surface area contributed by atoms with Crippen molar-refractivity contribution in [3.63, 3.8) is 0 Å². The fraction of sp³-hybridized carbons (Fsp3) is 0.222. The second kappa shape index (κ2) is 4.83. The Balaban J connectivity index is 3.11. The van der Waals surface area contributed by atoms with Crippen LogP contribution in [0.1, 0.15) is 5.56 Å². The predicted molar refractivity (Wildman–Crippen MR) is 59.3 cm³/mol. The fourth-order valence-electron chi connectivity index (χ4n) is 1.04. The zero-order valence-electron chi connectivity index (χ0n) is 8.81. The molecule has 0 unspecified atom stereocenters. The van der Waals surface area contributed by atoms with Gasteiger partial charge in [0.15, 0.2) is 0 Å². The summed E-state index contributed by atoms with van der Waals surface area (Å²) in [6, 6.07) is 6.35. The molecule has 1 aromatic carbocycles. The van der Waals surface area contributed by atoms with Crippen LogP contribution in [0, 0.1) is 11.3 Å². The average molecular weight is 241 g/mol. The van der Waals surface area contributed by atoms with Gasteiger partial charge in [0.25, 0.3) is 10.2 Å². The first-order chi connectivity index (χ1) is 7.52. The van der Waals surface area contributed by atoms with E-state index >= 15 is 0 Å². The molecule has 0 aliphatic heterocycles. The molecular weight excluding hydrogens is 230 g/mol.